The molecule has 0 amide bonds. The van der Waals surface area contributed by atoms with Crippen molar-refractivity contribution in [2.24, 2.45) is 0 Å². The van der Waals surface area contributed by atoms with Gasteiger partial charge in [-0.3, -0.25) is 0 Å². The van der Waals surface area contributed by atoms with Gasteiger partial charge in [0.05, 0.1) is 12.6 Å². The van der Waals surface area contributed by atoms with Crippen molar-refractivity contribution in [3.63, 3.8) is 0 Å². The maximum atomic E-state index is 13.0. The van der Waals surface area contributed by atoms with E-state index in [1.165, 1.54) is 12.1 Å². The van der Waals surface area contributed by atoms with Gasteiger partial charge in [0.15, 0.2) is 0 Å². The Morgan fingerprint density at radius 2 is 1.58 bits per heavy atom. The Bertz CT molecular complexity index is 498. The van der Waals surface area contributed by atoms with Gasteiger partial charge in [-0.2, -0.15) is 0 Å². The molecule has 2 aromatic rings. The summed E-state index contributed by atoms with van der Waals surface area (Å²) in [4.78, 5) is 0. The van der Waals surface area contributed by atoms with Crippen LogP contribution >= 0.6 is 0 Å². The van der Waals surface area contributed by atoms with Gasteiger partial charge < -0.3 is 10.4 Å². The molecule has 2 atom stereocenters. The summed E-state index contributed by atoms with van der Waals surface area (Å²) < 4.78 is 13.0. The molecule has 0 saturated heterocycles. The Kier molecular flexibility index (Phi) is 4.66. The fourth-order valence-corrected chi connectivity index (χ4v) is 2.02. The lowest BCUT2D eigenvalue weighted by molar-refractivity contribution is 0.245. The van der Waals surface area contributed by atoms with Crippen molar-refractivity contribution >= 4 is 0 Å². The van der Waals surface area contributed by atoms with Crippen molar-refractivity contribution < 1.29 is 9.50 Å². The summed E-state index contributed by atoms with van der Waals surface area (Å²) in [6, 6.07) is 16.3. The monoisotopic (exact) mass is 259 g/mol. The van der Waals surface area contributed by atoms with Crippen LogP contribution in [0.1, 0.15) is 24.1 Å². The quantitative estimate of drug-likeness (QED) is 0.865. The molecule has 19 heavy (non-hydrogen) atoms. The van der Waals surface area contributed by atoms with E-state index in [0.29, 0.717) is 0 Å². The van der Waals surface area contributed by atoms with E-state index in [0.717, 1.165) is 11.1 Å². The minimum absolute atomic E-state index is 0.0322. The number of rotatable bonds is 5. The molecule has 0 aliphatic carbocycles. The summed E-state index contributed by atoms with van der Waals surface area (Å²) in [6.07, 6.45) is 0. The molecule has 0 bridgehead atoms. The number of aliphatic hydroxyl groups is 1. The Morgan fingerprint density at radius 1 is 1.00 bits per heavy atom. The molecular weight excluding hydrogens is 241 g/mol. The van der Waals surface area contributed by atoms with Crippen LogP contribution in [-0.4, -0.2) is 17.8 Å². The maximum absolute atomic E-state index is 13.0. The van der Waals surface area contributed by atoms with Gasteiger partial charge in [-0.15, -0.1) is 0 Å². The highest BCUT2D eigenvalue weighted by molar-refractivity contribution is 5.31. The van der Waals surface area contributed by atoms with E-state index < -0.39 is 0 Å². The van der Waals surface area contributed by atoms with Crippen LogP contribution in [0.4, 0.5) is 4.39 Å². The summed E-state index contributed by atoms with van der Waals surface area (Å²) >= 11 is 0. The second kappa shape index (κ2) is 6.45. The highest BCUT2D eigenvalue weighted by Gasteiger charge is 2.15. The zero-order valence-corrected chi connectivity index (χ0v) is 10.9. The van der Waals surface area contributed by atoms with E-state index in [2.05, 4.69) is 5.32 Å². The molecule has 2 nitrogen and oxygen atoms in total. The van der Waals surface area contributed by atoms with Crippen molar-refractivity contribution in [3.8, 4) is 0 Å². The standard InChI is InChI=1S/C16H18FNO/c1-12(11-19)18-16(13-5-3-2-4-6-13)14-7-9-15(17)10-8-14/h2-10,12,16,18-19H,11H2,1H3/t12-,16?/m1/s1. The Hall–Kier alpha value is -1.71. The zero-order valence-electron chi connectivity index (χ0n) is 10.9. The first-order valence-electron chi connectivity index (χ1n) is 6.38. The lowest BCUT2D eigenvalue weighted by atomic mass is 9.98. The van der Waals surface area contributed by atoms with E-state index >= 15 is 0 Å². The molecule has 0 saturated carbocycles. The van der Waals surface area contributed by atoms with Gasteiger partial charge in [0, 0.05) is 6.04 Å². The predicted molar refractivity (Wildman–Crippen MR) is 74.4 cm³/mol. The molecule has 0 aliphatic heterocycles. The first-order valence-corrected chi connectivity index (χ1v) is 6.38. The average Bonchev–Trinajstić information content (AvgIpc) is 2.46. The van der Waals surface area contributed by atoms with Gasteiger partial charge in [0.1, 0.15) is 5.82 Å². The Balaban J connectivity index is 2.31. The van der Waals surface area contributed by atoms with Crippen LogP contribution in [0.15, 0.2) is 54.6 Å². The summed E-state index contributed by atoms with van der Waals surface area (Å²) in [5.41, 5.74) is 2.07. The molecular formula is C16H18FNO. The van der Waals surface area contributed by atoms with Crippen LogP contribution in [0.2, 0.25) is 0 Å². The molecule has 3 heteroatoms. The molecule has 2 N–H and O–H groups in total. The first kappa shape index (κ1) is 13.7. The summed E-state index contributed by atoms with van der Waals surface area (Å²) in [6.45, 7) is 1.98. The summed E-state index contributed by atoms with van der Waals surface area (Å²) in [5, 5.41) is 12.5. The highest BCUT2D eigenvalue weighted by atomic mass is 19.1. The van der Waals surface area contributed by atoms with Crippen LogP contribution in [0.25, 0.3) is 0 Å². The van der Waals surface area contributed by atoms with E-state index in [-0.39, 0.29) is 24.5 Å². The number of benzene rings is 2. The highest BCUT2D eigenvalue weighted by Crippen LogP contribution is 2.22. The average molecular weight is 259 g/mol. The number of nitrogens with one attached hydrogen (secondary N) is 1. The van der Waals surface area contributed by atoms with Crippen molar-refractivity contribution in [1.29, 1.82) is 0 Å². The second-order valence-corrected chi connectivity index (χ2v) is 4.65. The summed E-state index contributed by atoms with van der Waals surface area (Å²) in [5.74, 6) is -0.245. The number of halogens is 1. The normalized spacial score (nSPS) is 14.1. The van der Waals surface area contributed by atoms with Crippen LogP contribution in [0, 0.1) is 5.82 Å². The van der Waals surface area contributed by atoms with Crippen LogP contribution < -0.4 is 5.32 Å². The topological polar surface area (TPSA) is 32.3 Å². The molecule has 0 fully saturated rings. The van der Waals surface area contributed by atoms with E-state index in [1.54, 1.807) is 12.1 Å². The molecule has 1 unspecified atom stereocenters. The molecule has 0 aromatic heterocycles. The third-order valence-corrected chi connectivity index (χ3v) is 3.06. The Morgan fingerprint density at radius 3 is 2.16 bits per heavy atom. The van der Waals surface area contributed by atoms with Crippen molar-refractivity contribution in [2.75, 3.05) is 6.61 Å². The maximum Gasteiger partial charge on any atom is 0.123 e. The van der Waals surface area contributed by atoms with Crippen LogP contribution in [0.5, 0.6) is 0 Å². The molecule has 100 valence electrons. The fourth-order valence-electron chi connectivity index (χ4n) is 2.02. The molecule has 0 aliphatic rings. The van der Waals surface area contributed by atoms with Crippen molar-refractivity contribution in [1.82, 2.24) is 5.32 Å². The third kappa shape index (κ3) is 3.63. The smallest absolute Gasteiger partial charge is 0.123 e. The fraction of sp³-hybridized carbons (Fsp3) is 0.250. The molecule has 0 spiro atoms. The second-order valence-electron chi connectivity index (χ2n) is 4.65. The number of hydrogen-bond acceptors (Lipinski definition) is 2. The van der Waals surface area contributed by atoms with Gasteiger partial charge in [0.2, 0.25) is 0 Å². The van der Waals surface area contributed by atoms with Gasteiger partial charge >= 0.3 is 0 Å². The van der Waals surface area contributed by atoms with E-state index in [9.17, 15) is 9.50 Å². The van der Waals surface area contributed by atoms with Crippen molar-refractivity contribution in [2.45, 2.75) is 19.0 Å². The number of aliphatic hydroxyl groups excluding tert-OH is 1. The predicted octanol–water partition coefficient (Wildman–Crippen LogP) is 2.89. The zero-order chi connectivity index (χ0) is 13.7. The third-order valence-electron chi connectivity index (χ3n) is 3.06. The van der Waals surface area contributed by atoms with Gasteiger partial charge in [0.25, 0.3) is 0 Å². The molecule has 0 radical (unpaired) electrons. The Labute approximate surface area is 112 Å². The van der Waals surface area contributed by atoms with Gasteiger partial charge in [-0.05, 0) is 30.2 Å². The molecule has 0 heterocycles. The number of hydrogen-bond donors (Lipinski definition) is 2. The van der Waals surface area contributed by atoms with E-state index in [4.69, 9.17) is 0 Å². The van der Waals surface area contributed by atoms with Gasteiger partial charge in [-0.1, -0.05) is 42.5 Å². The van der Waals surface area contributed by atoms with Crippen LogP contribution in [-0.2, 0) is 0 Å². The SMILES string of the molecule is C[C@H](CO)NC(c1ccccc1)c1ccc(F)cc1. The largest absolute Gasteiger partial charge is 0.395 e. The molecule has 2 aromatic carbocycles. The van der Waals surface area contributed by atoms with Gasteiger partial charge in [-0.25, -0.2) is 4.39 Å². The lowest BCUT2D eigenvalue weighted by Crippen LogP contribution is -2.33. The first-order chi connectivity index (χ1) is 9.20. The minimum Gasteiger partial charge on any atom is -0.395 e. The lowest BCUT2D eigenvalue weighted by Gasteiger charge is -2.23. The minimum atomic E-state index is -0.245. The summed E-state index contributed by atoms with van der Waals surface area (Å²) in [7, 11) is 0. The van der Waals surface area contributed by atoms with Crippen LogP contribution in [0.3, 0.4) is 0 Å². The molecule has 2 rings (SSSR count). The van der Waals surface area contributed by atoms with Crippen molar-refractivity contribution in [3.05, 3.63) is 71.5 Å². The van der Waals surface area contributed by atoms with E-state index in [1.807, 2.05) is 37.3 Å².